The molecule has 0 amide bonds. The Kier molecular flexibility index (Phi) is 4.08. The summed E-state index contributed by atoms with van der Waals surface area (Å²) in [5.41, 5.74) is 3.18. The number of hydrogen-bond acceptors (Lipinski definition) is 2. The van der Waals surface area contributed by atoms with Gasteiger partial charge in [-0.1, -0.05) is 79.8 Å². The molecule has 4 rings (SSSR count). The van der Waals surface area contributed by atoms with Crippen LogP contribution in [0.25, 0.3) is 10.8 Å². The third kappa shape index (κ3) is 2.95. The number of benzene rings is 3. The lowest BCUT2D eigenvalue weighted by molar-refractivity contribution is 1.00. The summed E-state index contributed by atoms with van der Waals surface area (Å²) in [6, 6.07) is 24.1. The molecule has 0 aliphatic carbocycles. The van der Waals surface area contributed by atoms with E-state index in [1.807, 2.05) is 0 Å². The van der Waals surface area contributed by atoms with Crippen molar-refractivity contribution in [2.24, 2.45) is 0 Å². The minimum Gasteiger partial charge on any atom is -0.409 e. The summed E-state index contributed by atoms with van der Waals surface area (Å²) in [6.07, 6.45) is 1.12. The maximum Gasteiger partial charge on any atom is 0.370 e. The van der Waals surface area contributed by atoms with Gasteiger partial charge in [0, 0.05) is 16.8 Å². The van der Waals surface area contributed by atoms with Crippen LogP contribution in [0.2, 0.25) is 25.0 Å². The molecule has 3 aromatic rings. The van der Waals surface area contributed by atoms with Crippen LogP contribution in [0.1, 0.15) is 6.92 Å². The Balaban J connectivity index is 1.57. The van der Waals surface area contributed by atoms with E-state index >= 15 is 0 Å². The van der Waals surface area contributed by atoms with Crippen LogP contribution >= 0.6 is 0 Å². The normalized spacial score (nSPS) is 14.8. The van der Waals surface area contributed by atoms with Gasteiger partial charge in [0.15, 0.2) is 0 Å². The lowest BCUT2D eigenvalue weighted by Crippen LogP contribution is -2.48. The van der Waals surface area contributed by atoms with Gasteiger partial charge in [0.05, 0.1) is 8.07 Å². The Hall–Kier alpha value is -2.20. The first-order chi connectivity index (χ1) is 12.1. The summed E-state index contributed by atoms with van der Waals surface area (Å²) in [5, 5.41) is 11.6. The quantitative estimate of drug-likeness (QED) is 0.638. The maximum absolute atomic E-state index is 3.73. The molecule has 1 aliphatic rings. The lowest BCUT2D eigenvalue weighted by Gasteiger charge is -2.34. The molecule has 3 aromatic carbocycles. The van der Waals surface area contributed by atoms with Crippen LogP contribution in [-0.2, 0) is 0 Å². The van der Waals surface area contributed by atoms with E-state index in [0.717, 1.165) is 6.32 Å². The zero-order valence-corrected chi connectivity index (χ0v) is 16.2. The van der Waals surface area contributed by atoms with Gasteiger partial charge >= 0.3 is 6.98 Å². The van der Waals surface area contributed by atoms with Crippen LogP contribution in [0.15, 0.2) is 66.7 Å². The molecule has 0 spiro atoms. The van der Waals surface area contributed by atoms with Crippen molar-refractivity contribution in [3.8, 4) is 0 Å². The fraction of sp³-hybridized carbons (Fsp3) is 0.238. The summed E-state index contributed by atoms with van der Waals surface area (Å²) in [5.74, 6) is 0. The third-order valence-corrected chi connectivity index (χ3v) is 10.4. The average molecular weight is 344 g/mol. The van der Waals surface area contributed by atoms with E-state index in [4.69, 9.17) is 0 Å². The minimum absolute atomic E-state index is 0.283. The van der Waals surface area contributed by atoms with E-state index in [2.05, 4.69) is 97.2 Å². The third-order valence-electron chi connectivity index (χ3n) is 5.90. The Morgan fingerprint density at radius 1 is 0.840 bits per heavy atom. The molecule has 1 heterocycles. The second-order valence-electron chi connectivity index (χ2n) is 7.77. The van der Waals surface area contributed by atoms with Crippen molar-refractivity contribution in [3.63, 3.8) is 0 Å². The molecule has 0 radical (unpaired) electrons. The van der Waals surface area contributed by atoms with Gasteiger partial charge < -0.3 is 10.5 Å². The summed E-state index contributed by atoms with van der Waals surface area (Å²) < 4.78 is 0. The van der Waals surface area contributed by atoms with Crippen molar-refractivity contribution in [1.82, 2.24) is 0 Å². The summed E-state index contributed by atoms with van der Waals surface area (Å²) in [4.78, 5) is 0. The van der Waals surface area contributed by atoms with Crippen LogP contribution in [0.3, 0.4) is 0 Å². The molecule has 1 atom stereocenters. The monoisotopic (exact) mass is 344 g/mol. The average Bonchev–Trinajstić information content (AvgIpc) is 2.63. The van der Waals surface area contributed by atoms with Crippen LogP contribution in [0.5, 0.6) is 0 Å². The molecule has 0 bridgehead atoms. The highest BCUT2D eigenvalue weighted by molar-refractivity contribution is 6.91. The molecular weight excluding hydrogens is 319 g/mol. The van der Waals surface area contributed by atoms with E-state index < -0.39 is 8.07 Å². The predicted molar refractivity (Wildman–Crippen MR) is 115 cm³/mol. The molecule has 2 nitrogen and oxygen atoms in total. The van der Waals surface area contributed by atoms with Crippen molar-refractivity contribution < 1.29 is 0 Å². The first-order valence-corrected chi connectivity index (χ1v) is 12.2. The van der Waals surface area contributed by atoms with E-state index in [1.165, 1.54) is 22.1 Å². The summed E-state index contributed by atoms with van der Waals surface area (Å²) in [6.45, 7) is 7.68. The standard InChI is InChI=1S/C21H25BN2Si/c1-16(25(2,3)18-11-5-4-6-12-18)15-22-23-19-13-7-9-17-10-8-14-20(24-22)21(17)19/h4-14,16,23-24H,15H2,1-3H3. The van der Waals surface area contributed by atoms with Crippen molar-refractivity contribution >= 4 is 42.4 Å². The number of nitrogens with one attached hydrogen (secondary N) is 2. The summed E-state index contributed by atoms with van der Waals surface area (Å²) >= 11 is 0. The van der Waals surface area contributed by atoms with Gasteiger partial charge in [-0.3, -0.25) is 0 Å². The SMILES string of the molecule is CC(CB1Nc2cccc3cccc(c23)N1)[Si](C)(C)c1ccccc1. The van der Waals surface area contributed by atoms with E-state index in [0.29, 0.717) is 5.54 Å². The molecular formula is C21H25BN2Si. The first-order valence-electron chi connectivity index (χ1n) is 9.16. The maximum atomic E-state index is 3.73. The van der Waals surface area contributed by atoms with E-state index in [1.54, 1.807) is 5.19 Å². The van der Waals surface area contributed by atoms with Gasteiger partial charge in [-0.25, -0.2) is 0 Å². The van der Waals surface area contributed by atoms with Crippen LogP contribution in [0, 0.1) is 0 Å². The molecule has 1 unspecified atom stereocenters. The smallest absolute Gasteiger partial charge is 0.370 e. The number of anilines is 2. The Bertz CT molecular complexity index is 854. The number of hydrogen-bond donors (Lipinski definition) is 2. The fourth-order valence-corrected chi connectivity index (χ4v) is 6.36. The van der Waals surface area contributed by atoms with Crippen molar-refractivity contribution in [3.05, 3.63) is 66.7 Å². The molecule has 25 heavy (non-hydrogen) atoms. The van der Waals surface area contributed by atoms with Gasteiger partial charge in [-0.15, -0.1) is 0 Å². The van der Waals surface area contributed by atoms with Gasteiger partial charge in [0.25, 0.3) is 0 Å². The number of rotatable bonds is 4. The highest BCUT2D eigenvalue weighted by atomic mass is 28.3. The molecule has 4 heteroatoms. The molecule has 1 aliphatic heterocycles. The van der Waals surface area contributed by atoms with Crippen LogP contribution in [-0.4, -0.2) is 15.1 Å². The van der Waals surface area contributed by atoms with Crippen molar-refractivity contribution in [2.45, 2.75) is 31.9 Å². The Morgan fingerprint density at radius 2 is 1.44 bits per heavy atom. The highest BCUT2D eigenvalue weighted by Gasteiger charge is 2.35. The first kappa shape index (κ1) is 16.3. The topological polar surface area (TPSA) is 24.1 Å². The molecule has 0 saturated carbocycles. The second kappa shape index (κ2) is 6.27. The lowest BCUT2D eigenvalue weighted by atomic mass is 9.69. The zero-order valence-electron chi connectivity index (χ0n) is 15.2. The predicted octanol–water partition coefficient (Wildman–Crippen LogP) is 5.17. The van der Waals surface area contributed by atoms with Crippen molar-refractivity contribution in [1.29, 1.82) is 0 Å². The van der Waals surface area contributed by atoms with Crippen molar-refractivity contribution in [2.75, 3.05) is 10.5 Å². The van der Waals surface area contributed by atoms with E-state index in [-0.39, 0.29) is 6.98 Å². The van der Waals surface area contributed by atoms with Gasteiger partial charge in [0.2, 0.25) is 0 Å². The molecule has 2 N–H and O–H groups in total. The fourth-order valence-electron chi connectivity index (χ4n) is 3.91. The second-order valence-corrected chi connectivity index (χ2v) is 12.8. The van der Waals surface area contributed by atoms with Crippen LogP contribution in [0.4, 0.5) is 11.4 Å². The summed E-state index contributed by atoms with van der Waals surface area (Å²) in [7, 11) is -1.50. The Morgan fingerprint density at radius 3 is 2.04 bits per heavy atom. The minimum atomic E-state index is -1.50. The van der Waals surface area contributed by atoms with Gasteiger partial charge in [0.1, 0.15) is 0 Å². The highest BCUT2D eigenvalue weighted by Crippen LogP contribution is 2.36. The van der Waals surface area contributed by atoms with Crippen LogP contribution < -0.4 is 15.6 Å². The molecule has 126 valence electrons. The zero-order chi connectivity index (χ0) is 17.4. The largest absolute Gasteiger partial charge is 0.409 e. The van der Waals surface area contributed by atoms with E-state index in [9.17, 15) is 0 Å². The molecule has 0 saturated heterocycles. The van der Waals surface area contributed by atoms with Gasteiger partial charge in [-0.05, 0) is 29.4 Å². The molecule has 0 aromatic heterocycles. The molecule has 0 fully saturated rings. The Labute approximate surface area is 151 Å². The van der Waals surface area contributed by atoms with Gasteiger partial charge in [-0.2, -0.15) is 0 Å².